The molecule has 0 aliphatic heterocycles. The van der Waals surface area contributed by atoms with Crippen LogP contribution in [0.5, 0.6) is 0 Å². The molecular formula is C73H46N6OS. The smallest absolute Gasteiger partial charge is 0.237 e. The van der Waals surface area contributed by atoms with Crippen molar-refractivity contribution in [2.45, 2.75) is 33.0 Å². The Morgan fingerprint density at radius 1 is 0.519 bits per heavy atom. The van der Waals surface area contributed by atoms with Crippen LogP contribution in [-0.4, -0.2) is 18.3 Å². The second-order valence-electron chi connectivity index (χ2n) is 21.6. The minimum atomic E-state index is -3.18. The van der Waals surface area contributed by atoms with Gasteiger partial charge in [-0.2, -0.15) is 5.26 Å². The maximum atomic E-state index is 13.0. The molecule has 17 aromatic rings. The van der Waals surface area contributed by atoms with E-state index in [-0.39, 0.29) is 77.5 Å². The van der Waals surface area contributed by atoms with Crippen LogP contribution in [0.25, 0.3) is 157 Å². The standard InChI is InChI=1S/C73H46N6OS/c1-41-30-36-60-53(38-41)49-32-34-51-47-22-10-16-28-62(47)80-71(51)67(49)78(60)65-55(40-74)66(76-56-24-12-6-18-43(56)44-19-7-13-25-57(44)76)70(69(64(65)75-5)77-58-26-14-8-20-45(58)46-21-9-15-27-59(46)77)79-61-37-31-42(73(2,3)4)39-54(61)50-33-35-52-48-23-11-17-29-63(48)81-72(52)68(50)79/h6-39H,1-4H3/i1D3,10D,16D,22D,28D,30D,32D,34D,36D,38D. The fourth-order valence-electron chi connectivity index (χ4n) is 12.9. The van der Waals surface area contributed by atoms with Crippen LogP contribution in [0.2, 0.25) is 0 Å². The van der Waals surface area contributed by atoms with Gasteiger partial charge in [-0.1, -0.05) is 166 Å². The maximum absolute atomic E-state index is 13.0. The Hall–Kier alpha value is -10.4. The SMILES string of the molecule is [2H]c1c([2H])c([2H])c2c(oc3c2c([2H])c([2H])c2c4c([2H])c(C([2H])([2H])[2H])c([2H])c([2H])c4n(-c4c(C#N)c(-n5c6ccccc6c6ccccc65)c(-n5c6ccc(C(C)(C)C)cc6c6ccc7c8ccccc8sc7c65)c(-n5c6ccccc6c6ccccc65)c4[N+]#[C-])c32)c1[2H]. The summed E-state index contributed by atoms with van der Waals surface area (Å²) < 4.78 is 129. The zero-order chi connectivity index (χ0) is 64.5. The number of aromatic nitrogens is 4. The highest BCUT2D eigenvalue weighted by Crippen LogP contribution is 2.54. The molecular weight excluding hydrogens is 1010 g/mol. The molecule has 17 rings (SSSR count). The van der Waals surface area contributed by atoms with Crippen LogP contribution in [-0.2, 0) is 5.41 Å². The Balaban J connectivity index is 1.24. The fraction of sp³-hybridized carbons (Fsp3) is 0.0685. The number of hydrogen-bond donors (Lipinski definition) is 0. The molecule has 0 aliphatic carbocycles. The van der Waals surface area contributed by atoms with E-state index in [1.54, 1.807) is 11.3 Å². The molecule has 0 bridgehead atoms. The molecule has 0 radical (unpaired) electrons. The van der Waals surface area contributed by atoms with Gasteiger partial charge in [-0.05, 0) is 84.5 Å². The molecule has 0 unspecified atom stereocenters. The van der Waals surface area contributed by atoms with E-state index in [1.807, 2.05) is 118 Å². The molecule has 11 aromatic carbocycles. The van der Waals surface area contributed by atoms with Crippen LogP contribution in [0, 0.1) is 24.8 Å². The normalized spacial score (nSPS) is 14.7. The lowest BCUT2D eigenvalue weighted by molar-refractivity contribution is 0.591. The molecule has 0 aliphatic rings. The maximum Gasteiger partial charge on any atom is 0.237 e. The largest absolute Gasteiger partial charge is 0.454 e. The topological polar surface area (TPSA) is 61.0 Å². The average Bonchev–Trinajstić information content (AvgIpc) is 1.54. The van der Waals surface area contributed by atoms with Gasteiger partial charge < -0.3 is 22.7 Å². The second kappa shape index (κ2) is 16.3. The third-order valence-electron chi connectivity index (χ3n) is 16.4. The van der Waals surface area contributed by atoms with E-state index in [2.05, 4.69) is 78.7 Å². The Morgan fingerprint density at radius 2 is 1.11 bits per heavy atom. The van der Waals surface area contributed by atoms with Crippen molar-refractivity contribution in [3.05, 3.63) is 234 Å². The summed E-state index contributed by atoms with van der Waals surface area (Å²) in [7, 11) is 0. The number of fused-ring (bicyclic) bond motifs is 20. The van der Waals surface area contributed by atoms with E-state index >= 15 is 0 Å². The van der Waals surface area contributed by atoms with Gasteiger partial charge in [0.25, 0.3) is 0 Å². The van der Waals surface area contributed by atoms with Crippen molar-refractivity contribution in [1.29, 1.82) is 5.26 Å². The van der Waals surface area contributed by atoms with Crippen LogP contribution in [0.15, 0.2) is 210 Å². The molecule has 8 heteroatoms. The molecule has 0 atom stereocenters. The Labute approximate surface area is 484 Å². The number of thiophene rings is 1. The molecule has 0 saturated carbocycles. The number of para-hydroxylation sites is 5. The Kier molecular flexibility index (Phi) is 7.10. The molecule has 0 fully saturated rings. The van der Waals surface area contributed by atoms with Gasteiger partial charge in [0.1, 0.15) is 11.7 Å². The lowest BCUT2D eigenvalue weighted by Gasteiger charge is -2.27. The molecule has 0 amide bonds. The van der Waals surface area contributed by atoms with Gasteiger partial charge in [0.15, 0.2) is 5.58 Å². The first kappa shape index (κ1) is 35.2. The van der Waals surface area contributed by atoms with Gasteiger partial charge >= 0.3 is 0 Å². The van der Waals surface area contributed by atoms with E-state index in [1.165, 1.54) is 4.57 Å². The molecule has 380 valence electrons. The van der Waals surface area contributed by atoms with Gasteiger partial charge in [0.05, 0.1) is 96.1 Å². The number of benzene rings is 11. The summed E-state index contributed by atoms with van der Waals surface area (Å²) in [6, 6.07) is 46.7. The van der Waals surface area contributed by atoms with E-state index < -0.39 is 66.8 Å². The first-order valence-electron chi connectivity index (χ1n) is 32.5. The first-order valence-corrected chi connectivity index (χ1v) is 27.3. The van der Waals surface area contributed by atoms with E-state index in [9.17, 15) is 21.4 Å². The molecule has 0 saturated heterocycles. The quantitative estimate of drug-likeness (QED) is 0.165. The van der Waals surface area contributed by atoms with Crippen LogP contribution in [0.1, 0.15) is 53.9 Å². The van der Waals surface area contributed by atoms with E-state index in [0.29, 0.717) is 27.8 Å². The zero-order valence-electron chi connectivity index (χ0n) is 55.4. The zero-order valence-corrected chi connectivity index (χ0v) is 44.3. The predicted molar refractivity (Wildman–Crippen MR) is 338 cm³/mol. The molecule has 0 spiro atoms. The van der Waals surface area contributed by atoms with E-state index in [4.69, 9.17) is 11.3 Å². The van der Waals surface area contributed by atoms with E-state index in [0.717, 1.165) is 69.1 Å². The van der Waals surface area contributed by atoms with Gasteiger partial charge in [-0.15, -0.1) is 11.3 Å². The third-order valence-corrected chi connectivity index (χ3v) is 17.6. The minimum absolute atomic E-state index is 0.192. The lowest BCUT2D eigenvalue weighted by atomic mass is 9.86. The van der Waals surface area contributed by atoms with Crippen LogP contribution in [0.3, 0.4) is 0 Å². The molecule has 6 heterocycles. The Morgan fingerprint density at radius 3 is 1.77 bits per heavy atom. The number of nitriles is 1. The summed E-state index contributed by atoms with van der Waals surface area (Å²) >= 11 is 1.63. The highest BCUT2D eigenvalue weighted by atomic mass is 32.1. The van der Waals surface area contributed by atoms with Crippen molar-refractivity contribution in [3.63, 3.8) is 0 Å². The number of nitrogens with zero attached hydrogens (tertiary/aromatic N) is 6. The summed E-state index contributed by atoms with van der Waals surface area (Å²) in [4.78, 5) is 4.65. The van der Waals surface area contributed by atoms with Crippen LogP contribution < -0.4 is 0 Å². The van der Waals surface area contributed by atoms with Crippen molar-refractivity contribution >= 4 is 146 Å². The highest BCUT2D eigenvalue weighted by Gasteiger charge is 2.36. The summed E-state index contributed by atoms with van der Waals surface area (Å²) in [5, 5.41) is 18.9. The van der Waals surface area contributed by atoms with Gasteiger partial charge in [-0.25, -0.2) is 4.85 Å². The van der Waals surface area contributed by atoms with Crippen molar-refractivity contribution < 1.29 is 20.9 Å². The number of rotatable bonds is 4. The first-order chi connectivity index (χ1) is 44.7. The second-order valence-corrected chi connectivity index (χ2v) is 22.7. The van der Waals surface area contributed by atoms with Gasteiger partial charge in [-0.3, -0.25) is 0 Å². The summed E-state index contributed by atoms with van der Waals surface area (Å²) in [6.07, 6.45) is 0. The van der Waals surface area contributed by atoms with Crippen molar-refractivity contribution in [2.75, 3.05) is 0 Å². The van der Waals surface area contributed by atoms with Crippen LogP contribution in [0.4, 0.5) is 5.69 Å². The van der Waals surface area contributed by atoms with Crippen molar-refractivity contribution in [2.24, 2.45) is 0 Å². The predicted octanol–water partition coefficient (Wildman–Crippen LogP) is 20.4. The van der Waals surface area contributed by atoms with Crippen LogP contribution >= 0.6 is 11.3 Å². The molecule has 81 heavy (non-hydrogen) atoms. The fourth-order valence-corrected chi connectivity index (χ4v) is 14.2. The molecule has 7 nitrogen and oxygen atoms in total. The third kappa shape index (κ3) is 6.04. The number of furan rings is 1. The van der Waals surface area contributed by atoms with Gasteiger partial charge in [0, 0.05) is 73.4 Å². The summed E-state index contributed by atoms with van der Waals surface area (Å²) in [6.45, 7) is 13.4. The molecule has 6 aromatic heterocycles. The summed E-state index contributed by atoms with van der Waals surface area (Å²) in [5.74, 6) is 0. The molecule has 0 N–H and O–H groups in total. The monoisotopic (exact) mass is 1070 g/mol. The Bertz CT molecular complexity index is 6180. The lowest BCUT2D eigenvalue weighted by Crippen LogP contribution is -2.15. The van der Waals surface area contributed by atoms with Crippen molar-refractivity contribution in [1.82, 2.24) is 18.3 Å². The van der Waals surface area contributed by atoms with Gasteiger partial charge in [0.2, 0.25) is 5.69 Å². The average molecular weight is 1070 g/mol. The summed E-state index contributed by atoms with van der Waals surface area (Å²) in [5.41, 5.74) is 2.86. The number of hydrogen-bond acceptors (Lipinski definition) is 3. The minimum Gasteiger partial charge on any atom is -0.454 e. The highest BCUT2D eigenvalue weighted by molar-refractivity contribution is 7.26. The van der Waals surface area contributed by atoms with Crippen molar-refractivity contribution in [3.8, 4) is 28.8 Å².